The monoisotopic (exact) mass is 440 g/mol. The lowest BCUT2D eigenvalue weighted by atomic mass is 10.1. The predicted octanol–water partition coefficient (Wildman–Crippen LogP) is 3.88. The fourth-order valence-electron chi connectivity index (χ4n) is 4.11. The van der Waals surface area contributed by atoms with Crippen LogP contribution in [-0.2, 0) is 0 Å². The van der Waals surface area contributed by atoms with Gasteiger partial charge in [0.05, 0.1) is 23.3 Å². The van der Waals surface area contributed by atoms with Crippen molar-refractivity contribution >= 4 is 17.4 Å². The van der Waals surface area contributed by atoms with E-state index >= 15 is 0 Å². The number of hydrogen-bond acceptors (Lipinski definition) is 6. The molecule has 0 aliphatic heterocycles. The van der Waals surface area contributed by atoms with Crippen LogP contribution in [0.1, 0.15) is 59.3 Å². The van der Waals surface area contributed by atoms with E-state index in [1.54, 1.807) is 18.7 Å². The van der Waals surface area contributed by atoms with Gasteiger partial charge in [0.1, 0.15) is 17.8 Å². The van der Waals surface area contributed by atoms with E-state index in [-0.39, 0.29) is 5.91 Å². The molecular formula is C24H24N8O. The minimum Gasteiger partial charge on any atom is -0.398 e. The second kappa shape index (κ2) is 7.54. The second-order valence-corrected chi connectivity index (χ2v) is 8.86. The molecule has 0 radical (unpaired) electrons. The van der Waals surface area contributed by atoms with Gasteiger partial charge < -0.3 is 20.2 Å². The number of hydrogen-bond donors (Lipinski definition) is 2. The zero-order chi connectivity index (χ0) is 22.5. The van der Waals surface area contributed by atoms with Gasteiger partial charge in [-0.1, -0.05) is 6.07 Å². The van der Waals surface area contributed by atoms with Crippen LogP contribution in [0.25, 0.3) is 17.2 Å². The Morgan fingerprint density at radius 1 is 1.15 bits per heavy atom. The largest absolute Gasteiger partial charge is 0.398 e. The summed E-state index contributed by atoms with van der Waals surface area (Å²) in [5, 5.41) is 11.1. The van der Waals surface area contributed by atoms with Gasteiger partial charge in [0.2, 0.25) is 0 Å². The molecule has 1 amide bonds. The number of benzene rings is 1. The Morgan fingerprint density at radius 3 is 2.79 bits per heavy atom. The summed E-state index contributed by atoms with van der Waals surface area (Å²) < 4.78 is 4.00. The molecular weight excluding hydrogens is 416 g/mol. The third-order valence-electron chi connectivity index (χ3n) is 6.22. The van der Waals surface area contributed by atoms with Crippen LogP contribution >= 0.6 is 0 Å². The molecule has 0 saturated heterocycles. The molecule has 3 N–H and O–H groups in total. The van der Waals surface area contributed by atoms with Crippen molar-refractivity contribution in [2.24, 2.45) is 0 Å². The Labute approximate surface area is 190 Å². The Morgan fingerprint density at radius 2 is 2.00 bits per heavy atom. The van der Waals surface area contributed by atoms with Crippen LogP contribution in [0.5, 0.6) is 0 Å². The van der Waals surface area contributed by atoms with Crippen molar-refractivity contribution in [2.75, 3.05) is 11.1 Å². The van der Waals surface area contributed by atoms with Crippen LogP contribution < -0.4 is 11.1 Å². The summed E-state index contributed by atoms with van der Waals surface area (Å²) in [5.41, 5.74) is 10.7. The number of carbonyl (C=O) groups excluding carboxylic acids is 1. The molecule has 166 valence electrons. The number of nitrogen functional groups attached to an aromatic ring is 1. The van der Waals surface area contributed by atoms with Crippen LogP contribution in [0.15, 0.2) is 49.2 Å². The summed E-state index contributed by atoms with van der Waals surface area (Å²) in [6, 6.07) is 9.54. The average molecular weight is 441 g/mol. The fourth-order valence-corrected chi connectivity index (χ4v) is 4.11. The first-order valence-electron chi connectivity index (χ1n) is 11.2. The number of nitrogens with two attached hydrogens (primary N) is 1. The fraction of sp³-hybridized carbons (Fsp3) is 0.292. The lowest BCUT2D eigenvalue weighted by molar-refractivity contribution is 0.102. The lowest BCUT2D eigenvalue weighted by Crippen LogP contribution is -2.16. The van der Waals surface area contributed by atoms with Gasteiger partial charge in [-0.05, 0) is 62.4 Å². The van der Waals surface area contributed by atoms with Gasteiger partial charge in [-0.3, -0.25) is 4.79 Å². The molecule has 2 aliphatic carbocycles. The second-order valence-electron chi connectivity index (χ2n) is 8.86. The number of imidazole rings is 1. The summed E-state index contributed by atoms with van der Waals surface area (Å²) in [6.45, 7) is 1.98. The van der Waals surface area contributed by atoms with Gasteiger partial charge in [-0.15, -0.1) is 10.2 Å². The molecule has 3 heterocycles. The Kier molecular flexibility index (Phi) is 4.49. The zero-order valence-electron chi connectivity index (χ0n) is 18.3. The first-order valence-corrected chi connectivity index (χ1v) is 11.2. The average Bonchev–Trinajstić information content (AvgIpc) is 3.74. The summed E-state index contributed by atoms with van der Waals surface area (Å²) in [4.78, 5) is 22.3. The molecule has 2 fully saturated rings. The molecule has 0 atom stereocenters. The minimum atomic E-state index is -0.315. The highest BCUT2D eigenvalue weighted by molar-refractivity contribution is 6.08. The maximum absolute atomic E-state index is 13.1. The van der Waals surface area contributed by atoms with Gasteiger partial charge >= 0.3 is 0 Å². The smallest absolute Gasteiger partial charge is 0.258 e. The van der Waals surface area contributed by atoms with Crippen LogP contribution in [0.2, 0.25) is 0 Å². The highest BCUT2D eigenvalue weighted by Gasteiger charge is 2.27. The quantitative estimate of drug-likeness (QED) is 0.440. The van der Waals surface area contributed by atoms with Crippen molar-refractivity contribution in [3.05, 3.63) is 66.0 Å². The number of nitrogens with zero attached hydrogens (tertiary/aromatic N) is 6. The molecule has 2 aliphatic rings. The van der Waals surface area contributed by atoms with Gasteiger partial charge in [0, 0.05) is 23.8 Å². The summed E-state index contributed by atoms with van der Waals surface area (Å²) in [7, 11) is 0. The number of pyridine rings is 1. The Hall–Kier alpha value is -4.01. The van der Waals surface area contributed by atoms with E-state index in [0.29, 0.717) is 40.5 Å². The van der Waals surface area contributed by atoms with Gasteiger partial charge in [-0.25, -0.2) is 9.97 Å². The van der Waals surface area contributed by atoms with Crippen molar-refractivity contribution in [3.8, 4) is 17.2 Å². The van der Waals surface area contributed by atoms with E-state index in [1.807, 2.05) is 46.5 Å². The van der Waals surface area contributed by atoms with Gasteiger partial charge in [0.15, 0.2) is 5.82 Å². The normalized spacial score (nSPS) is 15.5. The third-order valence-corrected chi connectivity index (χ3v) is 6.22. The minimum absolute atomic E-state index is 0.315. The molecule has 6 rings (SSSR count). The Bertz CT molecular complexity index is 1360. The third kappa shape index (κ3) is 3.75. The molecule has 0 bridgehead atoms. The number of aromatic nitrogens is 6. The summed E-state index contributed by atoms with van der Waals surface area (Å²) >= 11 is 0. The van der Waals surface area contributed by atoms with Crippen LogP contribution in [0, 0.1) is 6.92 Å². The zero-order valence-corrected chi connectivity index (χ0v) is 18.3. The van der Waals surface area contributed by atoms with E-state index in [9.17, 15) is 4.79 Å². The molecule has 9 heteroatoms. The number of rotatable bonds is 6. The van der Waals surface area contributed by atoms with E-state index in [1.165, 1.54) is 12.8 Å². The molecule has 2 saturated carbocycles. The van der Waals surface area contributed by atoms with Crippen LogP contribution in [-0.4, -0.2) is 35.2 Å². The van der Waals surface area contributed by atoms with Crippen LogP contribution in [0.4, 0.5) is 11.5 Å². The summed E-state index contributed by atoms with van der Waals surface area (Å²) in [5.74, 6) is 1.39. The highest BCUT2D eigenvalue weighted by atomic mass is 16.1. The number of carbonyl (C=O) groups is 1. The number of anilines is 2. The summed E-state index contributed by atoms with van der Waals surface area (Å²) in [6.07, 6.45) is 10.2. The van der Waals surface area contributed by atoms with E-state index in [0.717, 1.165) is 29.8 Å². The molecule has 0 unspecified atom stereocenters. The predicted molar refractivity (Wildman–Crippen MR) is 124 cm³/mol. The van der Waals surface area contributed by atoms with Gasteiger partial charge in [0.25, 0.3) is 5.91 Å². The molecule has 33 heavy (non-hydrogen) atoms. The van der Waals surface area contributed by atoms with Crippen molar-refractivity contribution in [2.45, 2.75) is 44.6 Å². The SMILES string of the molecule is Cc1cc(N)c(C(=O)Nc2cccc(-c3nncn3C3CC3)n2)cc1-n1cnc(C2CC2)c1. The number of nitrogens with one attached hydrogen (secondary N) is 1. The maximum atomic E-state index is 13.1. The first-order chi connectivity index (χ1) is 16.1. The first kappa shape index (κ1) is 19.7. The molecule has 3 aromatic heterocycles. The van der Waals surface area contributed by atoms with Crippen molar-refractivity contribution in [1.29, 1.82) is 0 Å². The molecule has 1 aromatic carbocycles. The van der Waals surface area contributed by atoms with Crippen molar-refractivity contribution < 1.29 is 4.79 Å². The van der Waals surface area contributed by atoms with Gasteiger partial charge in [-0.2, -0.15) is 0 Å². The van der Waals surface area contributed by atoms with E-state index in [2.05, 4.69) is 25.5 Å². The molecule has 9 nitrogen and oxygen atoms in total. The number of aryl methyl sites for hydroxylation is 1. The maximum Gasteiger partial charge on any atom is 0.258 e. The van der Waals surface area contributed by atoms with E-state index < -0.39 is 0 Å². The van der Waals surface area contributed by atoms with Crippen molar-refractivity contribution in [3.63, 3.8) is 0 Å². The Balaban J connectivity index is 1.28. The highest BCUT2D eigenvalue weighted by Crippen LogP contribution is 2.39. The standard InChI is InChI=1S/C24H24N8O/c1-14-9-18(25)17(10-21(14)31-11-20(26-12-31)15-5-6-15)24(33)29-22-4-2-3-19(28-22)23-30-27-13-32(23)16-7-8-16/h2-4,9-13,15-16H,5-8,25H2,1H3,(H,28,29,33). The lowest BCUT2D eigenvalue weighted by Gasteiger charge is -2.13. The number of amides is 1. The van der Waals surface area contributed by atoms with Crippen molar-refractivity contribution in [1.82, 2.24) is 29.3 Å². The van der Waals surface area contributed by atoms with Crippen LogP contribution in [0.3, 0.4) is 0 Å². The topological polar surface area (TPSA) is 117 Å². The molecule has 4 aromatic rings. The molecule has 0 spiro atoms. The van der Waals surface area contributed by atoms with E-state index in [4.69, 9.17) is 5.73 Å².